The number of hydroxylamine groups is 1. The summed E-state index contributed by atoms with van der Waals surface area (Å²) in [5.74, 6) is 0.154. The Morgan fingerprint density at radius 1 is 1.15 bits per heavy atom. The number of hydrogen-bond acceptors (Lipinski definition) is 3. The molecule has 2 N–H and O–H groups in total. The average molecular weight is 269 g/mol. The molecule has 0 aromatic heterocycles. The largest absolute Gasteiger partial charge is 0.489 e. The average Bonchev–Trinajstić information content (AvgIpc) is 2.52. The van der Waals surface area contributed by atoms with Gasteiger partial charge in [-0.15, -0.1) is 0 Å². The van der Waals surface area contributed by atoms with E-state index < -0.39 is 5.91 Å². The minimum Gasteiger partial charge on any atom is -0.489 e. The van der Waals surface area contributed by atoms with Gasteiger partial charge in [0.2, 0.25) is 0 Å². The van der Waals surface area contributed by atoms with E-state index in [9.17, 15) is 4.79 Å². The second-order valence-electron chi connectivity index (χ2n) is 4.16. The van der Waals surface area contributed by atoms with E-state index >= 15 is 0 Å². The lowest BCUT2D eigenvalue weighted by atomic mass is 10.2. The van der Waals surface area contributed by atoms with Crippen molar-refractivity contribution in [1.82, 2.24) is 5.48 Å². The van der Waals surface area contributed by atoms with Crippen molar-refractivity contribution in [2.24, 2.45) is 0 Å². The van der Waals surface area contributed by atoms with Crippen molar-refractivity contribution < 1.29 is 14.7 Å². The summed E-state index contributed by atoms with van der Waals surface area (Å²) in [5.41, 5.74) is 3.45. The topological polar surface area (TPSA) is 58.6 Å². The van der Waals surface area contributed by atoms with Crippen LogP contribution in [0.5, 0.6) is 5.75 Å². The molecule has 0 fully saturated rings. The van der Waals surface area contributed by atoms with Gasteiger partial charge in [0.05, 0.1) is 0 Å². The zero-order valence-electron chi connectivity index (χ0n) is 10.8. The van der Waals surface area contributed by atoms with Crippen LogP contribution in [0.15, 0.2) is 60.7 Å². The van der Waals surface area contributed by atoms with Crippen molar-refractivity contribution in [2.45, 2.75) is 6.61 Å². The number of carbonyl (C=O) groups excluding carboxylic acids is 1. The normalized spacial score (nSPS) is 10.4. The van der Waals surface area contributed by atoms with Gasteiger partial charge in [0.25, 0.3) is 5.91 Å². The molecule has 2 rings (SSSR count). The fourth-order valence-electron chi connectivity index (χ4n) is 1.66. The monoisotopic (exact) mass is 269 g/mol. The molecule has 0 heterocycles. The molecule has 0 aliphatic rings. The molecule has 4 heteroatoms. The quantitative estimate of drug-likeness (QED) is 0.498. The molecule has 0 bridgehead atoms. The van der Waals surface area contributed by atoms with Crippen LogP contribution in [0.25, 0.3) is 6.08 Å². The SMILES string of the molecule is O=C(/C=C/c1cccc(OCc2ccccc2)c1)NO. The van der Waals surface area contributed by atoms with Crippen molar-refractivity contribution in [1.29, 1.82) is 0 Å². The van der Waals surface area contributed by atoms with Crippen LogP contribution >= 0.6 is 0 Å². The molecule has 0 atom stereocenters. The van der Waals surface area contributed by atoms with Crippen LogP contribution in [-0.4, -0.2) is 11.1 Å². The first-order valence-electron chi connectivity index (χ1n) is 6.17. The molecule has 0 aliphatic carbocycles. The second kappa shape index (κ2) is 7.11. The fourth-order valence-corrected chi connectivity index (χ4v) is 1.66. The Labute approximate surface area is 117 Å². The standard InChI is InChI=1S/C16H15NO3/c18-16(17-19)10-9-13-7-4-8-15(11-13)20-12-14-5-2-1-3-6-14/h1-11,19H,12H2,(H,17,18)/b10-9+. The van der Waals surface area contributed by atoms with E-state index in [1.165, 1.54) is 11.6 Å². The highest BCUT2D eigenvalue weighted by Gasteiger charge is 1.97. The Balaban J connectivity index is 1.99. The van der Waals surface area contributed by atoms with Crippen LogP contribution in [0.1, 0.15) is 11.1 Å². The predicted molar refractivity (Wildman–Crippen MR) is 76.2 cm³/mol. The number of benzene rings is 2. The first kappa shape index (κ1) is 13.8. The summed E-state index contributed by atoms with van der Waals surface area (Å²) < 4.78 is 5.68. The van der Waals surface area contributed by atoms with Crippen molar-refractivity contribution >= 4 is 12.0 Å². The van der Waals surface area contributed by atoms with E-state index in [4.69, 9.17) is 9.94 Å². The molecular formula is C16H15NO3. The number of ether oxygens (including phenoxy) is 1. The maximum Gasteiger partial charge on any atom is 0.267 e. The molecule has 2 aromatic carbocycles. The summed E-state index contributed by atoms with van der Waals surface area (Å²) in [6, 6.07) is 17.2. The molecule has 0 saturated heterocycles. The maximum absolute atomic E-state index is 10.9. The van der Waals surface area contributed by atoms with E-state index in [0.717, 1.165) is 16.9 Å². The van der Waals surface area contributed by atoms with Gasteiger partial charge >= 0.3 is 0 Å². The fraction of sp³-hybridized carbons (Fsp3) is 0.0625. The Kier molecular flexibility index (Phi) is 4.92. The molecule has 0 aliphatic heterocycles. The minimum absolute atomic E-state index is 0.491. The van der Waals surface area contributed by atoms with Gasteiger partial charge in [-0.1, -0.05) is 42.5 Å². The summed E-state index contributed by atoms with van der Waals surface area (Å²) in [6.07, 6.45) is 2.84. The molecule has 0 spiro atoms. The lowest BCUT2D eigenvalue weighted by Gasteiger charge is -2.06. The number of nitrogens with one attached hydrogen (secondary N) is 1. The van der Waals surface area contributed by atoms with Gasteiger partial charge in [-0.3, -0.25) is 10.0 Å². The van der Waals surface area contributed by atoms with Crippen LogP contribution in [0.2, 0.25) is 0 Å². The lowest BCUT2D eigenvalue weighted by molar-refractivity contribution is -0.124. The Hall–Kier alpha value is -2.59. The van der Waals surface area contributed by atoms with E-state index in [-0.39, 0.29) is 0 Å². The highest BCUT2D eigenvalue weighted by atomic mass is 16.5. The molecular weight excluding hydrogens is 254 g/mol. The molecule has 102 valence electrons. The Bertz CT molecular complexity index is 594. The minimum atomic E-state index is -0.569. The molecule has 0 unspecified atom stereocenters. The molecule has 0 saturated carbocycles. The van der Waals surface area contributed by atoms with Gasteiger partial charge < -0.3 is 4.74 Å². The maximum atomic E-state index is 10.9. The molecule has 0 radical (unpaired) electrons. The van der Waals surface area contributed by atoms with Crippen molar-refractivity contribution in [3.8, 4) is 5.75 Å². The Morgan fingerprint density at radius 3 is 2.70 bits per heavy atom. The van der Waals surface area contributed by atoms with E-state index in [2.05, 4.69) is 0 Å². The van der Waals surface area contributed by atoms with Gasteiger partial charge in [0.15, 0.2) is 0 Å². The van der Waals surface area contributed by atoms with Crippen molar-refractivity contribution in [3.05, 3.63) is 71.8 Å². The number of carbonyl (C=O) groups is 1. The van der Waals surface area contributed by atoms with Gasteiger partial charge in [0, 0.05) is 6.08 Å². The Morgan fingerprint density at radius 2 is 1.95 bits per heavy atom. The third-order valence-electron chi connectivity index (χ3n) is 2.64. The first-order valence-corrected chi connectivity index (χ1v) is 6.17. The highest BCUT2D eigenvalue weighted by Crippen LogP contribution is 2.16. The summed E-state index contributed by atoms with van der Waals surface area (Å²) in [6.45, 7) is 0.491. The molecule has 4 nitrogen and oxygen atoms in total. The number of amides is 1. The van der Waals surface area contributed by atoms with Gasteiger partial charge in [-0.2, -0.15) is 0 Å². The summed E-state index contributed by atoms with van der Waals surface area (Å²) in [7, 11) is 0. The summed E-state index contributed by atoms with van der Waals surface area (Å²) in [5, 5.41) is 8.40. The van der Waals surface area contributed by atoms with Crippen LogP contribution in [0.3, 0.4) is 0 Å². The smallest absolute Gasteiger partial charge is 0.267 e. The van der Waals surface area contributed by atoms with Crippen LogP contribution in [0.4, 0.5) is 0 Å². The third kappa shape index (κ3) is 4.26. The van der Waals surface area contributed by atoms with E-state index in [1.807, 2.05) is 54.6 Å². The van der Waals surface area contributed by atoms with Crippen LogP contribution in [0, 0.1) is 0 Å². The van der Waals surface area contributed by atoms with Crippen LogP contribution in [-0.2, 0) is 11.4 Å². The van der Waals surface area contributed by atoms with E-state index in [0.29, 0.717) is 6.61 Å². The lowest BCUT2D eigenvalue weighted by Crippen LogP contribution is -2.14. The summed E-state index contributed by atoms with van der Waals surface area (Å²) in [4.78, 5) is 10.9. The number of hydrogen-bond donors (Lipinski definition) is 2. The van der Waals surface area contributed by atoms with Crippen molar-refractivity contribution in [3.63, 3.8) is 0 Å². The van der Waals surface area contributed by atoms with Gasteiger partial charge in [-0.05, 0) is 29.3 Å². The summed E-state index contributed by atoms with van der Waals surface area (Å²) >= 11 is 0. The van der Waals surface area contributed by atoms with E-state index in [1.54, 1.807) is 6.08 Å². The predicted octanol–water partition coefficient (Wildman–Crippen LogP) is 2.78. The molecule has 1 amide bonds. The van der Waals surface area contributed by atoms with Crippen molar-refractivity contribution in [2.75, 3.05) is 0 Å². The zero-order chi connectivity index (χ0) is 14.2. The van der Waals surface area contributed by atoms with Gasteiger partial charge in [0.1, 0.15) is 12.4 Å². The third-order valence-corrected chi connectivity index (χ3v) is 2.64. The molecule has 2 aromatic rings. The number of rotatable bonds is 5. The zero-order valence-corrected chi connectivity index (χ0v) is 10.8. The van der Waals surface area contributed by atoms with Gasteiger partial charge in [-0.25, -0.2) is 5.48 Å². The first-order chi connectivity index (χ1) is 9.78. The van der Waals surface area contributed by atoms with Crippen LogP contribution < -0.4 is 10.2 Å². The highest BCUT2D eigenvalue weighted by molar-refractivity contribution is 5.90. The second-order valence-corrected chi connectivity index (χ2v) is 4.16. The molecule has 20 heavy (non-hydrogen) atoms.